The van der Waals surface area contributed by atoms with Crippen molar-refractivity contribution in [3.8, 4) is 5.75 Å². The summed E-state index contributed by atoms with van der Waals surface area (Å²) in [7, 11) is 1.68. The smallest absolute Gasteiger partial charge is 0.213 e. The van der Waals surface area contributed by atoms with Crippen LogP contribution in [-0.4, -0.2) is 29.8 Å². The molecule has 0 radical (unpaired) electrons. The molecular weight excluding hydrogens is 242 g/mol. The second-order valence-electron chi connectivity index (χ2n) is 4.50. The molecule has 0 saturated carbocycles. The first kappa shape index (κ1) is 13.5. The Morgan fingerprint density at radius 3 is 2.74 bits per heavy atom. The Bertz CT molecular complexity index is 468. The van der Waals surface area contributed by atoms with Crippen LogP contribution in [0.3, 0.4) is 0 Å². The van der Waals surface area contributed by atoms with Gasteiger partial charge >= 0.3 is 0 Å². The van der Waals surface area contributed by atoms with Gasteiger partial charge in [0.05, 0.1) is 7.11 Å². The van der Waals surface area contributed by atoms with Gasteiger partial charge in [0.25, 0.3) is 0 Å². The van der Waals surface area contributed by atoms with Gasteiger partial charge < -0.3 is 14.6 Å². The molecule has 0 aliphatic rings. The number of hydrogen-bond acceptors (Lipinski definition) is 5. The van der Waals surface area contributed by atoms with Crippen molar-refractivity contribution in [3.05, 3.63) is 42.0 Å². The van der Waals surface area contributed by atoms with Gasteiger partial charge in [-0.25, -0.2) is 0 Å². The Labute approximate surface area is 113 Å². The van der Waals surface area contributed by atoms with Crippen LogP contribution in [0.5, 0.6) is 5.75 Å². The summed E-state index contributed by atoms with van der Waals surface area (Å²) in [5.41, 5.74) is 1.29. The summed E-state index contributed by atoms with van der Waals surface area (Å²) in [5.74, 6) is 1.63. The number of aromatic nitrogens is 2. The van der Waals surface area contributed by atoms with E-state index in [0.29, 0.717) is 6.04 Å². The fraction of sp³-hybridized carbons (Fsp3) is 0.429. The first-order valence-electron chi connectivity index (χ1n) is 6.39. The van der Waals surface area contributed by atoms with Crippen LogP contribution in [-0.2, 0) is 12.8 Å². The fourth-order valence-corrected chi connectivity index (χ4v) is 1.92. The summed E-state index contributed by atoms with van der Waals surface area (Å²) in [5, 5.41) is 7.22. The lowest BCUT2D eigenvalue weighted by Crippen LogP contribution is -2.30. The van der Waals surface area contributed by atoms with Gasteiger partial charge in [0.15, 0.2) is 5.82 Å². The Morgan fingerprint density at radius 2 is 2.11 bits per heavy atom. The zero-order chi connectivity index (χ0) is 13.5. The van der Waals surface area contributed by atoms with E-state index < -0.39 is 0 Å². The zero-order valence-electron chi connectivity index (χ0n) is 11.3. The highest BCUT2D eigenvalue weighted by Gasteiger charge is 2.04. The van der Waals surface area contributed by atoms with Crippen molar-refractivity contribution in [3.63, 3.8) is 0 Å². The van der Waals surface area contributed by atoms with E-state index in [2.05, 4.69) is 39.0 Å². The van der Waals surface area contributed by atoms with Crippen molar-refractivity contribution in [1.29, 1.82) is 0 Å². The van der Waals surface area contributed by atoms with E-state index in [1.165, 1.54) is 12.0 Å². The molecule has 19 heavy (non-hydrogen) atoms. The predicted molar refractivity (Wildman–Crippen MR) is 72.2 cm³/mol. The average Bonchev–Trinajstić information content (AvgIpc) is 2.93. The molecule has 2 aromatic rings. The van der Waals surface area contributed by atoms with Crippen LogP contribution in [0.25, 0.3) is 0 Å². The third kappa shape index (κ3) is 4.37. The Balaban J connectivity index is 1.72. The summed E-state index contributed by atoms with van der Waals surface area (Å²) < 4.78 is 9.83. The van der Waals surface area contributed by atoms with Gasteiger partial charge in [0.2, 0.25) is 6.39 Å². The molecular formula is C14H19N3O2. The van der Waals surface area contributed by atoms with E-state index in [1.807, 2.05) is 12.1 Å². The van der Waals surface area contributed by atoms with Gasteiger partial charge in [-0.3, -0.25) is 0 Å². The minimum Gasteiger partial charge on any atom is -0.497 e. The largest absolute Gasteiger partial charge is 0.497 e. The van der Waals surface area contributed by atoms with Crippen molar-refractivity contribution in [2.24, 2.45) is 0 Å². The van der Waals surface area contributed by atoms with Crippen LogP contribution in [0, 0.1) is 0 Å². The maximum atomic E-state index is 5.14. The lowest BCUT2D eigenvalue weighted by atomic mass is 10.1. The maximum absolute atomic E-state index is 5.14. The van der Waals surface area contributed by atoms with Crippen molar-refractivity contribution in [1.82, 2.24) is 15.5 Å². The standard InChI is InChI=1S/C14H19N3O2/c1-11(15-8-7-14-16-10-19-17-14)9-12-3-5-13(18-2)6-4-12/h3-6,10-11,15H,7-9H2,1-2H3. The lowest BCUT2D eigenvalue weighted by molar-refractivity contribution is 0.408. The molecule has 1 N–H and O–H groups in total. The van der Waals surface area contributed by atoms with Gasteiger partial charge in [-0.05, 0) is 31.0 Å². The highest BCUT2D eigenvalue weighted by Crippen LogP contribution is 2.12. The minimum atomic E-state index is 0.403. The Kier molecular flexibility index (Phi) is 4.92. The highest BCUT2D eigenvalue weighted by atomic mass is 16.5. The zero-order valence-corrected chi connectivity index (χ0v) is 11.3. The number of nitrogens with one attached hydrogen (secondary N) is 1. The molecule has 1 aromatic heterocycles. The van der Waals surface area contributed by atoms with E-state index in [1.54, 1.807) is 7.11 Å². The fourth-order valence-electron chi connectivity index (χ4n) is 1.92. The van der Waals surface area contributed by atoms with Crippen LogP contribution in [0.2, 0.25) is 0 Å². The minimum absolute atomic E-state index is 0.403. The molecule has 0 bridgehead atoms. The van der Waals surface area contributed by atoms with E-state index in [9.17, 15) is 0 Å². The Morgan fingerprint density at radius 1 is 1.32 bits per heavy atom. The molecule has 0 amide bonds. The number of benzene rings is 1. The van der Waals surface area contributed by atoms with Crippen molar-refractivity contribution < 1.29 is 9.26 Å². The molecule has 0 fully saturated rings. The summed E-state index contributed by atoms with van der Waals surface area (Å²) >= 11 is 0. The van der Waals surface area contributed by atoms with Crippen molar-refractivity contribution in [2.45, 2.75) is 25.8 Å². The molecule has 0 aliphatic carbocycles. The van der Waals surface area contributed by atoms with Crippen LogP contribution in [0.1, 0.15) is 18.3 Å². The van der Waals surface area contributed by atoms with E-state index >= 15 is 0 Å². The summed E-state index contributed by atoms with van der Waals surface area (Å²) in [4.78, 5) is 3.98. The lowest BCUT2D eigenvalue weighted by Gasteiger charge is -2.13. The van der Waals surface area contributed by atoms with Crippen molar-refractivity contribution >= 4 is 0 Å². The van der Waals surface area contributed by atoms with Gasteiger partial charge in [0, 0.05) is 19.0 Å². The maximum Gasteiger partial charge on any atom is 0.213 e. The number of rotatable bonds is 7. The number of methoxy groups -OCH3 is 1. The van der Waals surface area contributed by atoms with E-state index in [0.717, 1.165) is 31.0 Å². The van der Waals surface area contributed by atoms with Crippen LogP contribution in [0.15, 0.2) is 35.2 Å². The third-order valence-corrected chi connectivity index (χ3v) is 2.95. The Hall–Kier alpha value is -1.88. The molecule has 1 unspecified atom stereocenters. The molecule has 0 saturated heterocycles. The number of ether oxygens (including phenoxy) is 1. The van der Waals surface area contributed by atoms with Gasteiger partial charge in [0.1, 0.15) is 5.75 Å². The first-order chi connectivity index (χ1) is 9.28. The van der Waals surface area contributed by atoms with E-state index in [-0.39, 0.29) is 0 Å². The van der Waals surface area contributed by atoms with Gasteiger partial charge in [-0.15, -0.1) is 0 Å². The second-order valence-corrected chi connectivity index (χ2v) is 4.50. The van der Waals surface area contributed by atoms with Crippen LogP contribution in [0.4, 0.5) is 0 Å². The predicted octanol–water partition coefficient (Wildman–Crippen LogP) is 1.84. The van der Waals surface area contributed by atoms with E-state index in [4.69, 9.17) is 4.74 Å². The monoisotopic (exact) mass is 261 g/mol. The topological polar surface area (TPSA) is 60.2 Å². The molecule has 0 aliphatic heterocycles. The molecule has 102 valence electrons. The molecule has 1 aromatic carbocycles. The SMILES string of the molecule is COc1ccc(CC(C)NCCc2ncon2)cc1. The number of hydrogen-bond donors (Lipinski definition) is 1. The van der Waals surface area contributed by atoms with Crippen LogP contribution >= 0.6 is 0 Å². The molecule has 5 nitrogen and oxygen atoms in total. The first-order valence-corrected chi connectivity index (χ1v) is 6.39. The molecule has 1 heterocycles. The number of nitrogens with zero attached hydrogens (tertiary/aromatic N) is 2. The highest BCUT2D eigenvalue weighted by molar-refractivity contribution is 5.27. The molecule has 5 heteroatoms. The normalized spacial score (nSPS) is 12.3. The van der Waals surface area contributed by atoms with Gasteiger partial charge in [-0.1, -0.05) is 17.3 Å². The second kappa shape index (κ2) is 6.89. The molecule has 0 spiro atoms. The quantitative estimate of drug-likeness (QED) is 0.824. The summed E-state index contributed by atoms with van der Waals surface area (Å²) in [6, 6.07) is 8.56. The summed E-state index contributed by atoms with van der Waals surface area (Å²) in [6.07, 6.45) is 3.12. The molecule has 1 atom stereocenters. The summed E-state index contributed by atoms with van der Waals surface area (Å²) in [6.45, 7) is 3.01. The van der Waals surface area contributed by atoms with Crippen molar-refractivity contribution in [2.75, 3.05) is 13.7 Å². The average molecular weight is 261 g/mol. The molecule has 2 rings (SSSR count). The third-order valence-electron chi connectivity index (χ3n) is 2.95. The van der Waals surface area contributed by atoms with Crippen LogP contribution < -0.4 is 10.1 Å². The van der Waals surface area contributed by atoms with Gasteiger partial charge in [-0.2, -0.15) is 4.98 Å².